The van der Waals surface area contributed by atoms with Crippen LogP contribution >= 0.6 is 0 Å². The van der Waals surface area contributed by atoms with Crippen molar-refractivity contribution in [3.8, 4) is 23.0 Å². The summed E-state index contributed by atoms with van der Waals surface area (Å²) in [4.78, 5) is 18.2. The van der Waals surface area contributed by atoms with Crippen molar-refractivity contribution in [2.24, 2.45) is 0 Å². The van der Waals surface area contributed by atoms with Crippen molar-refractivity contribution in [2.45, 2.75) is 39.5 Å². The predicted molar refractivity (Wildman–Crippen MR) is 123 cm³/mol. The molecule has 2 heterocycles. The molecule has 0 fully saturated rings. The summed E-state index contributed by atoms with van der Waals surface area (Å²) < 4.78 is 6.45. The molecule has 2 aromatic carbocycles. The standard InChI is InChI=1S/C26H24N4O2/c1-3-4-9-24-23(26(31)30(18(2)28-24)25-14-15-32-29-25)16-19-10-12-20(13-11-19)22-8-6-5-7-21(22)17-27/h5-8,10-15H,3-4,9,16H2,1-2H3. The number of rotatable bonds is 7. The van der Waals surface area contributed by atoms with Crippen LogP contribution in [0.5, 0.6) is 0 Å². The van der Waals surface area contributed by atoms with Crippen molar-refractivity contribution in [1.29, 1.82) is 5.26 Å². The molecule has 0 saturated heterocycles. The van der Waals surface area contributed by atoms with Gasteiger partial charge in [-0.15, -0.1) is 0 Å². The van der Waals surface area contributed by atoms with E-state index in [0.29, 0.717) is 29.2 Å². The number of aromatic nitrogens is 3. The first-order valence-corrected chi connectivity index (χ1v) is 10.7. The van der Waals surface area contributed by atoms with Crippen molar-refractivity contribution in [2.75, 3.05) is 0 Å². The topological polar surface area (TPSA) is 84.7 Å². The molecular formula is C26H24N4O2. The predicted octanol–water partition coefficient (Wildman–Crippen LogP) is 5.00. The second-order valence-corrected chi connectivity index (χ2v) is 7.72. The van der Waals surface area contributed by atoms with Gasteiger partial charge in [0.15, 0.2) is 5.82 Å². The fourth-order valence-electron chi connectivity index (χ4n) is 3.88. The lowest BCUT2D eigenvalue weighted by molar-refractivity contribution is 0.415. The average Bonchev–Trinajstić information content (AvgIpc) is 3.34. The maximum absolute atomic E-state index is 13.5. The second-order valence-electron chi connectivity index (χ2n) is 7.72. The highest BCUT2D eigenvalue weighted by Gasteiger charge is 2.17. The van der Waals surface area contributed by atoms with Crippen LogP contribution in [-0.4, -0.2) is 14.7 Å². The molecule has 0 radical (unpaired) electrons. The van der Waals surface area contributed by atoms with Crippen LogP contribution < -0.4 is 5.56 Å². The van der Waals surface area contributed by atoms with Gasteiger partial charge in [0.1, 0.15) is 12.1 Å². The van der Waals surface area contributed by atoms with E-state index in [9.17, 15) is 10.1 Å². The minimum atomic E-state index is -0.114. The van der Waals surface area contributed by atoms with E-state index in [1.54, 1.807) is 6.07 Å². The number of benzene rings is 2. The van der Waals surface area contributed by atoms with Crippen LogP contribution in [-0.2, 0) is 12.8 Å². The van der Waals surface area contributed by atoms with Crippen molar-refractivity contribution < 1.29 is 4.52 Å². The summed E-state index contributed by atoms with van der Waals surface area (Å²) in [6, 6.07) is 19.4. The molecule has 0 bridgehead atoms. The van der Waals surface area contributed by atoms with Crippen molar-refractivity contribution in [1.82, 2.24) is 14.7 Å². The molecule has 0 atom stereocenters. The van der Waals surface area contributed by atoms with Gasteiger partial charge in [0.25, 0.3) is 5.56 Å². The number of nitriles is 1. The van der Waals surface area contributed by atoms with E-state index in [1.807, 2.05) is 55.5 Å². The van der Waals surface area contributed by atoms with E-state index in [1.165, 1.54) is 10.8 Å². The van der Waals surface area contributed by atoms with Gasteiger partial charge >= 0.3 is 0 Å². The van der Waals surface area contributed by atoms with E-state index in [2.05, 4.69) is 18.1 Å². The highest BCUT2D eigenvalue weighted by Crippen LogP contribution is 2.24. The molecule has 0 N–H and O–H groups in total. The molecular weight excluding hydrogens is 400 g/mol. The molecule has 0 amide bonds. The van der Waals surface area contributed by atoms with Gasteiger partial charge in [0.2, 0.25) is 0 Å². The summed E-state index contributed by atoms with van der Waals surface area (Å²) in [5.41, 5.74) is 4.92. The van der Waals surface area contributed by atoms with Crippen LogP contribution in [0.3, 0.4) is 0 Å². The molecule has 0 aliphatic heterocycles. The van der Waals surface area contributed by atoms with Crippen LogP contribution in [0.4, 0.5) is 0 Å². The van der Waals surface area contributed by atoms with Crippen molar-refractivity contribution >= 4 is 0 Å². The molecule has 0 unspecified atom stereocenters. The smallest absolute Gasteiger partial charge is 0.263 e. The highest BCUT2D eigenvalue weighted by atomic mass is 16.5. The molecule has 4 rings (SSSR count). The third-order valence-electron chi connectivity index (χ3n) is 5.54. The lowest BCUT2D eigenvalue weighted by Gasteiger charge is -2.14. The molecule has 0 aliphatic rings. The Balaban J connectivity index is 1.72. The Morgan fingerprint density at radius 3 is 2.56 bits per heavy atom. The molecule has 6 nitrogen and oxygen atoms in total. The summed E-state index contributed by atoms with van der Waals surface area (Å²) in [5, 5.41) is 13.3. The average molecular weight is 425 g/mol. The first kappa shape index (κ1) is 21.3. The Kier molecular flexibility index (Phi) is 6.27. The van der Waals surface area contributed by atoms with Crippen LogP contribution in [0.1, 0.15) is 48.0 Å². The highest BCUT2D eigenvalue weighted by molar-refractivity contribution is 5.70. The van der Waals surface area contributed by atoms with E-state index in [-0.39, 0.29) is 5.56 Å². The molecule has 32 heavy (non-hydrogen) atoms. The van der Waals surface area contributed by atoms with Gasteiger partial charge in [0, 0.05) is 18.1 Å². The van der Waals surface area contributed by atoms with Gasteiger partial charge in [-0.1, -0.05) is 61.0 Å². The molecule has 0 spiro atoms. The first-order valence-electron chi connectivity index (χ1n) is 10.7. The van der Waals surface area contributed by atoms with E-state index < -0.39 is 0 Å². The third-order valence-corrected chi connectivity index (χ3v) is 5.54. The Morgan fingerprint density at radius 2 is 1.88 bits per heavy atom. The van der Waals surface area contributed by atoms with Crippen LogP contribution in [0.15, 0.2) is 70.2 Å². The monoisotopic (exact) mass is 424 g/mol. The Labute approximate surface area is 186 Å². The Bertz CT molecular complexity index is 1310. The fraction of sp³-hybridized carbons (Fsp3) is 0.231. The summed E-state index contributed by atoms with van der Waals surface area (Å²) in [5.74, 6) is 1.04. The number of hydrogen-bond acceptors (Lipinski definition) is 5. The molecule has 0 saturated carbocycles. The largest absolute Gasteiger partial charge is 0.363 e. The van der Waals surface area contributed by atoms with Gasteiger partial charge in [-0.3, -0.25) is 4.79 Å². The lowest BCUT2D eigenvalue weighted by atomic mass is 9.97. The number of unbranched alkanes of at least 4 members (excludes halogenated alkanes) is 1. The quantitative estimate of drug-likeness (QED) is 0.417. The van der Waals surface area contributed by atoms with E-state index >= 15 is 0 Å². The van der Waals surface area contributed by atoms with E-state index in [0.717, 1.165) is 41.6 Å². The minimum absolute atomic E-state index is 0.114. The van der Waals surface area contributed by atoms with Crippen molar-refractivity contribution in [3.05, 3.63) is 99.4 Å². The summed E-state index contributed by atoms with van der Waals surface area (Å²) in [6.45, 7) is 3.94. The van der Waals surface area contributed by atoms with E-state index in [4.69, 9.17) is 9.51 Å². The Hall–Kier alpha value is -3.98. The molecule has 160 valence electrons. The summed E-state index contributed by atoms with van der Waals surface area (Å²) in [7, 11) is 0. The zero-order chi connectivity index (χ0) is 22.5. The fourth-order valence-corrected chi connectivity index (χ4v) is 3.88. The van der Waals surface area contributed by atoms with Gasteiger partial charge in [0.05, 0.1) is 17.3 Å². The number of nitrogens with zero attached hydrogens (tertiary/aromatic N) is 4. The lowest BCUT2D eigenvalue weighted by Crippen LogP contribution is -2.28. The van der Waals surface area contributed by atoms with Crippen LogP contribution in [0, 0.1) is 18.3 Å². The Morgan fingerprint density at radius 1 is 1.09 bits per heavy atom. The maximum Gasteiger partial charge on any atom is 0.263 e. The minimum Gasteiger partial charge on any atom is -0.363 e. The SMILES string of the molecule is CCCCc1nc(C)n(-c2ccon2)c(=O)c1Cc1ccc(-c2ccccc2C#N)cc1. The molecule has 4 aromatic rings. The van der Waals surface area contributed by atoms with Gasteiger partial charge in [-0.25, -0.2) is 9.55 Å². The van der Waals surface area contributed by atoms with Gasteiger partial charge in [-0.05, 0) is 42.5 Å². The summed E-state index contributed by atoms with van der Waals surface area (Å²) in [6.07, 6.45) is 4.68. The molecule has 2 aromatic heterocycles. The van der Waals surface area contributed by atoms with Gasteiger partial charge in [-0.2, -0.15) is 5.26 Å². The van der Waals surface area contributed by atoms with Crippen LogP contribution in [0.2, 0.25) is 0 Å². The molecule has 0 aliphatic carbocycles. The molecule has 6 heteroatoms. The normalized spacial score (nSPS) is 10.8. The number of aryl methyl sites for hydroxylation is 2. The zero-order valence-electron chi connectivity index (χ0n) is 18.2. The van der Waals surface area contributed by atoms with Crippen LogP contribution in [0.25, 0.3) is 16.9 Å². The summed E-state index contributed by atoms with van der Waals surface area (Å²) >= 11 is 0. The maximum atomic E-state index is 13.5. The number of hydrogen-bond donors (Lipinski definition) is 0. The second kappa shape index (κ2) is 9.44. The third kappa shape index (κ3) is 4.23. The van der Waals surface area contributed by atoms with Gasteiger partial charge < -0.3 is 4.52 Å². The first-order chi connectivity index (χ1) is 15.6. The zero-order valence-corrected chi connectivity index (χ0v) is 18.2. The van der Waals surface area contributed by atoms with Crippen molar-refractivity contribution in [3.63, 3.8) is 0 Å².